The fourth-order valence-electron chi connectivity index (χ4n) is 3.65. The molecule has 0 aliphatic carbocycles. The summed E-state index contributed by atoms with van der Waals surface area (Å²) in [5, 5.41) is 4.31. The van der Waals surface area contributed by atoms with E-state index in [9.17, 15) is 8.78 Å². The van der Waals surface area contributed by atoms with Crippen molar-refractivity contribution in [2.45, 2.75) is 32.2 Å². The molecule has 0 spiro atoms. The van der Waals surface area contributed by atoms with Gasteiger partial charge in [0, 0.05) is 24.7 Å². The molecule has 1 aliphatic rings. The highest BCUT2D eigenvalue weighted by atomic mass is 127. The molecule has 136 valence electrons. The van der Waals surface area contributed by atoms with Gasteiger partial charge in [0.2, 0.25) is 0 Å². The summed E-state index contributed by atoms with van der Waals surface area (Å²) < 4.78 is 29.3. The zero-order valence-electron chi connectivity index (χ0n) is 14.3. The number of halogens is 3. The van der Waals surface area contributed by atoms with E-state index in [1.165, 1.54) is 12.4 Å². The highest BCUT2D eigenvalue weighted by Crippen LogP contribution is 2.28. The lowest BCUT2D eigenvalue weighted by molar-refractivity contribution is 0.197. The van der Waals surface area contributed by atoms with Crippen LogP contribution >= 0.6 is 22.6 Å². The van der Waals surface area contributed by atoms with Crippen LogP contribution < -0.4 is 0 Å². The van der Waals surface area contributed by atoms with Gasteiger partial charge in [-0.25, -0.2) is 18.3 Å². The van der Waals surface area contributed by atoms with Gasteiger partial charge in [0.1, 0.15) is 6.33 Å². The van der Waals surface area contributed by atoms with Crippen LogP contribution in [0.3, 0.4) is 0 Å². The summed E-state index contributed by atoms with van der Waals surface area (Å²) in [4.78, 5) is 10.9. The number of hydrogen-bond donors (Lipinski definition) is 0. The Morgan fingerprint density at radius 1 is 1.27 bits per heavy atom. The molecule has 0 unspecified atom stereocenters. The first-order chi connectivity index (χ1) is 12.5. The Bertz CT molecular complexity index is 935. The molecule has 0 N–H and O–H groups in total. The molecule has 1 aliphatic heterocycles. The lowest BCUT2D eigenvalue weighted by Crippen LogP contribution is -2.34. The summed E-state index contributed by atoms with van der Waals surface area (Å²) in [6.07, 6.45) is 3.63. The summed E-state index contributed by atoms with van der Waals surface area (Å²) in [5.74, 6) is -0.632. The zero-order chi connectivity index (χ0) is 18.3. The highest BCUT2D eigenvalue weighted by molar-refractivity contribution is 14.1. The van der Waals surface area contributed by atoms with E-state index in [1.54, 1.807) is 6.07 Å². The topological polar surface area (TPSA) is 46.3 Å². The molecule has 4 rings (SSSR count). The van der Waals surface area contributed by atoms with Gasteiger partial charge in [0.05, 0.1) is 9.26 Å². The predicted molar refractivity (Wildman–Crippen MR) is 102 cm³/mol. The lowest BCUT2D eigenvalue weighted by atomic mass is 9.93. The van der Waals surface area contributed by atoms with E-state index in [1.807, 2.05) is 34.0 Å². The summed E-state index contributed by atoms with van der Waals surface area (Å²) in [6.45, 7) is 4.35. The van der Waals surface area contributed by atoms with Crippen molar-refractivity contribution in [3.63, 3.8) is 0 Å². The standard InChI is InChI=1S/C18H18F2IN5/c1-11-5-16(26-18(24-11)22-10-23-26)13-3-2-4-25(9-13)8-12-6-14(19)17(20)15(21)7-12/h5-7,10,13H,2-4,8-9H2,1H3/t13-/m0/s1. The van der Waals surface area contributed by atoms with Gasteiger partial charge in [-0.3, -0.25) is 4.90 Å². The molecule has 1 aromatic carbocycles. The van der Waals surface area contributed by atoms with Crippen LogP contribution in [0, 0.1) is 22.1 Å². The van der Waals surface area contributed by atoms with Gasteiger partial charge < -0.3 is 0 Å². The lowest BCUT2D eigenvalue weighted by Gasteiger charge is -2.33. The van der Waals surface area contributed by atoms with Crippen molar-refractivity contribution in [1.29, 1.82) is 0 Å². The molecule has 0 bridgehead atoms. The molecule has 0 amide bonds. The maximum absolute atomic E-state index is 13.7. The molecule has 0 saturated carbocycles. The first-order valence-electron chi connectivity index (χ1n) is 8.54. The second-order valence-corrected chi connectivity index (χ2v) is 7.90. The fourth-order valence-corrected chi connectivity index (χ4v) is 4.31. The van der Waals surface area contributed by atoms with Crippen molar-refractivity contribution in [2.24, 2.45) is 0 Å². The first kappa shape index (κ1) is 17.7. The SMILES string of the molecule is Cc1cc([C@H]2CCCN(Cc3cc(F)c(F)c(I)c3)C2)n2ncnc2n1. The molecule has 3 heterocycles. The van der Waals surface area contributed by atoms with Crippen molar-refractivity contribution in [1.82, 2.24) is 24.5 Å². The molecule has 2 aromatic heterocycles. The second-order valence-electron chi connectivity index (χ2n) is 6.74. The normalized spacial score (nSPS) is 18.5. The second kappa shape index (κ2) is 7.15. The van der Waals surface area contributed by atoms with E-state index in [0.717, 1.165) is 42.9 Å². The first-order valence-corrected chi connectivity index (χ1v) is 9.62. The summed E-state index contributed by atoms with van der Waals surface area (Å²) in [5.41, 5.74) is 2.83. The number of aromatic nitrogens is 4. The molecule has 1 saturated heterocycles. The van der Waals surface area contributed by atoms with Gasteiger partial charge in [-0.05, 0) is 72.7 Å². The quantitative estimate of drug-likeness (QED) is 0.434. The minimum Gasteiger partial charge on any atom is -0.298 e. The predicted octanol–water partition coefficient (Wildman–Crippen LogP) is 3.70. The van der Waals surface area contributed by atoms with Crippen LogP contribution in [0.15, 0.2) is 24.5 Å². The van der Waals surface area contributed by atoms with Gasteiger partial charge >= 0.3 is 0 Å². The Balaban J connectivity index is 1.57. The van der Waals surface area contributed by atoms with Gasteiger partial charge in [-0.2, -0.15) is 10.1 Å². The van der Waals surface area contributed by atoms with E-state index in [0.29, 0.717) is 21.8 Å². The Morgan fingerprint density at radius 3 is 2.92 bits per heavy atom. The minimum absolute atomic E-state index is 0.305. The molecule has 8 heteroatoms. The smallest absolute Gasteiger partial charge is 0.252 e. The molecule has 26 heavy (non-hydrogen) atoms. The number of benzene rings is 1. The Hall–Kier alpha value is -1.68. The van der Waals surface area contributed by atoms with Gasteiger partial charge in [-0.1, -0.05) is 0 Å². The average molecular weight is 469 g/mol. The van der Waals surface area contributed by atoms with E-state index in [2.05, 4.69) is 26.0 Å². The van der Waals surface area contributed by atoms with Crippen molar-refractivity contribution in [3.05, 3.63) is 56.7 Å². The number of hydrogen-bond acceptors (Lipinski definition) is 4. The molecular weight excluding hydrogens is 451 g/mol. The van der Waals surface area contributed by atoms with Crippen molar-refractivity contribution >= 4 is 28.4 Å². The third-order valence-electron chi connectivity index (χ3n) is 4.78. The van der Waals surface area contributed by atoms with Crippen LogP contribution in [0.2, 0.25) is 0 Å². The number of nitrogens with zero attached hydrogens (tertiary/aromatic N) is 5. The van der Waals surface area contributed by atoms with E-state index >= 15 is 0 Å². The van der Waals surface area contributed by atoms with Gasteiger partial charge in [0.15, 0.2) is 11.6 Å². The van der Waals surface area contributed by atoms with Crippen LogP contribution in [0.1, 0.15) is 35.7 Å². The summed E-state index contributed by atoms with van der Waals surface area (Å²) >= 11 is 1.84. The van der Waals surface area contributed by atoms with E-state index in [-0.39, 0.29) is 0 Å². The molecule has 0 radical (unpaired) electrons. The number of likely N-dealkylation sites (tertiary alicyclic amines) is 1. The Labute approximate surface area is 163 Å². The number of fused-ring (bicyclic) bond motifs is 1. The maximum atomic E-state index is 13.7. The van der Waals surface area contributed by atoms with Crippen molar-refractivity contribution < 1.29 is 8.78 Å². The van der Waals surface area contributed by atoms with E-state index < -0.39 is 11.6 Å². The monoisotopic (exact) mass is 469 g/mol. The van der Waals surface area contributed by atoms with Crippen LogP contribution in [0.5, 0.6) is 0 Å². The summed E-state index contributed by atoms with van der Waals surface area (Å²) in [6, 6.07) is 5.08. The van der Waals surface area contributed by atoms with Gasteiger partial charge in [0.25, 0.3) is 5.78 Å². The van der Waals surface area contributed by atoms with Crippen molar-refractivity contribution in [2.75, 3.05) is 13.1 Å². The molecule has 3 aromatic rings. The summed E-state index contributed by atoms with van der Waals surface area (Å²) in [7, 11) is 0. The molecule has 1 fully saturated rings. The fraction of sp³-hybridized carbons (Fsp3) is 0.389. The Morgan fingerprint density at radius 2 is 2.12 bits per heavy atom. The minimum atomic E-state index is -0.783. The van der Waals surface area contributed by atoms with Crippen molar-refractivity contribution in [3.8, 4) is 0 Å². The highest BCUT2D eigenvalue weighted by Gasteiger charge is 2.25. The van der Waals surface area contributed by atoms with Crippen LogP contribution in [0.25, 0.3) is 5.78 Å². The average Bonchev–Trinajstić information content (AvgIpc) is 3.07. The maximum Gasteiger partial charge on any atom is 0.252 e. The molecular formula is C18H18F2IN5. The molecule has 5 nitrogen and oxygen atoms in total. The van der Waals surface area contributed by atoms with Gasteiger partial charge in [-0.15, -0.1) is 0 Å². The van der Waals surface area contributed by atoms with E-state index in [4.69, 9.17) is 0 Å². The van der Waals surface area contributed by atoms with Crippen LogP contribution in [-0.4, -0.2) is 37.6 Å². The Kier molecular flexibility index (Phi) is 4.87. The van der Waals surface area contributed by atoms with Crippen LogP contribution in [0.4, 0.5) is 8.78 Å². The number of rotatable bonds is 3. The largest absolute Gasteiger partial charge is 0.298 e. The number of piperidine rings is 1. The zero-order valence-corrected chi connectivity index (χ0v) is 16.4. The third-order valence-corrected chi connectivity index (χ3v) is 5.57. The third kappa shape index (κ3) is 3.44. The number of aryl methyl sites for hydroxylation is 1. The molecule has 1 atom stereocenters. The van der Waals surface area contributed by atoms with Crippen LogP contribution in [-0.2, 0) is 6.54 Å².